The van der Waals surface area contributed by atoms with Crippen LogP contribution in [0.15, 0.2) is 27.4 Å². The molecule has 0 unspecified atom stereocenters. The fraction of sp³-hybridized carbons (Fsp3) is 0.429. The highest BCUT2D eigenvalue weighted by Gasteiger charge is 2.15. The topological polar surface area (TPSA) is 90.3 Å². The van der Waals surface area contributed by atoms with Gasteiger partial charge in [-0.1, -0.05) is 13.8 Å². The van der Waals surface area contributed by atoms with Gasteiger partial charge < -0.3 is 15.5 Å². The van der Waals surface area contributed by atoms with Crippen molar-refractivity contribution in [3.05, 3.63) is 28.7 Å². The summed E-state index contributed by atoms with van der Waals surface area (Å²) in [5, 5.41) is 2.73. The minimum absolute atomic E-state index is 0.240. The second kappa shape index (κ2) is 5.50. The number of aryl methyl sites for hydroxylation is 1. The van der Waals surface area contributed by atoms with E-state index in [0.717, 1.165) is 0 Å². The Labute approximate surface area is 116 Å². The summed E-state index contributed by atoms with van der Waals surface area (Å²) in [5.41, 5.74) is 7.50. The van der Waals surface area contributed by atoms with Gasteiger partial charge in [0, 0.05) is 18.8 Å². The second-order valence-electron chi connectivity index (χ2n) is 5.33. The monoisotopic (exact) mass is 277 g/mol. The maximum atomic E-state index is 11.9. The Hall–Kier alpha value is -2.08. The number of benzene rings is 1. The van der Waals surface area contributed by atoms with Gasteiger partial charge in [0.15, 0.2) is 5.58 Å². The molecule has 0 spiro atoms. The van der Waals surface area contributed by atoms with Crippen LogP contribution in [-0.4, -0.2) is 16.5 Å². The molecule has 3 N–H and O–H groups in total. The van der Waals surface area contributed by atoms with Crippen LogP contribution in [0, 0.1) is 5.92 Å². The van der Waals surface area contributed by atoms with E-state index in [-0.39, 0.29) is 5.91 Å². The van der Waals surface area contributed by atoms with E-state index in [9.17, 15) is 9.59 Å². The van der Waals surface area contributed by atoms with Crippen molar-refractivity contribution < 1.29 is 9.21 Å². The average Bonchev–Trinajstić information content (AvgIpc) is 2.64. The summed E-state index contributed by atoms with van der Waals surface area (Å²) in [6.45, 7) is 4.02. The molecule has 20 heavy (non-hydrogen) atoms. The molecule has 0 radical (unpaired) electrons. The lowest BCUT2D eigenvalue weighted by Gasteiger charge is -2.14. The van der Waals surface area contributed by atoms with Crippen LogP contribution < -0.4 is 16.8 Å². The maximum Gasteiger partial charge on any atom is 0.419 e. The van der Waals surface area contributed by atoms with Gasteiger partial charge in [-0.2, -0.15) is 0 Å². The van der Waals surface area contributed by atoms with Gasteiger partial charge in [0.25, 0.3) is 0 Å². The molecular formula is C14H19N3O3. The molecule has 6 nitrogen and oxygen atoms in total. The first-order valence-corrected chi connectivity index (χ1v) is 6.54. The summed E-state index contributed by atoms with van der Waals surface area (Å²) in [4.78, 5) is 23.3. The molecule has 0 aliphatic rings. The van der Waals surface area contributed by atoms with Gasteiger partial charge in [0.1, 0.15) is 0 Å². The Morgan fingerprint density at radius 3 is 2.80 bits per heavy atom. The van der Waals surface area contributed by atoms with Gasteiger partial charge in [-0.3, -0.25) is 9.36 Å². The van der Waals surface area contributed by atoms with Crippen molar-refractivity contribution in [3.8, 4) is 0 Å². The molecular weight excluding hydrogens is 258 g/mol. The van der Waals surface area contributed by atoms with Crippen molar-refractivity contribution in [2.24, 2.45) is 18.7 Å². The molecule has 0 aliphatic heterocycles. The predicted molar refractivity (Wildman–Crippen MR) is 77.5 cm³/mol. The van der Waals surface area contributed by atoms with Gasteiger partial charge in [0.05, 0.1) is 11.6 Å². The van der Waals surface area contributed by atoms with Crippen LogP contribution >= 0.6 is 0 Å². The fourth-order valence-electron chi connectivity index (χ4n) is 2.06. The lowest BCUT2D eigenvalue weighted by atomic mass is 10.0. The number of nitrogens with zero attached hydrogens (tertiary/aromatic N) is 1. The molecule has 2 rings (SSSR count). The van der Waals surface area contributed by atoms with E-state index < -0.39 is 11.8 Å². The maximum absolute atomic E-state index is 11.9. The van der Waals surface area contributed by atoms with Crippen molar-refractivity contribution in [3.63, 3.8) is 0 Å². The first kappa shape index (κ1) is 14.3. The van der Waals surface area contributed by atoms with E-state index in [0.29, 0.717) is 29.1 Å². The zero-order chi connectivity index (χ0) is 14.9. The summed E-state index contributed by atoms with van der Waals surface area (Å²) in [6, 6.07) is 4.52. The second-order valence-corrected chi connectivity index (χ2v) is 5.33. The molecule has 1 heterocycles. The number of hydrogen-bond acceptors (Lipinski definition) is 4. The highest BCUT2D eigenvalue weighted by molar-refractivity contribution is 5.96. The summed E-state index contributed by atoms with van der Waals surface area (Å²) < 4.78 is 6.48. The Balaban J connectivity index is 2.18. The smallest absolute Gasteiger partial charge is 0.408 e. The highest BCUT2D eigenvalue weighted by atomic mass is 16.4. The van der Waals surface area contributed by atoms with Gasteiger partial charge in [-0.15, -0.1) is 0 Å². The van der Waals surface area contributed by atoms with Crippen molar-refractivity contribution in [2.45, 2.75) is 26.3 Å². The van der Waals surface area contributed by atoms with Crippen molar-refractivity contribution in [1.29, 1.82) is 0 Å². The standard InChI is InChI=1S/C14H19N3O3/c1-8(2)6-10(15)13(18)16-9-4-5-11-12(7-9)20-14(19)17(11)3/h4-5,7-8,10H,6,15H2,1-3H3,(H,16,18)/t10-/m0/s1. The Bertz CT molecular complexity index is 685. The predicted octanol–water partition coefficient (Wildman–Crippen LogP) is 1.44. The lowest BCUT2D eigenvalue weighted by Crippen LogP contribution is -2.36. The van der Waals surface area contributed by atoms with Crippen LogP contribution in [-0.2, 0) is 11.8 Å². The summed E-state index contributed by atoms with van der Waals surface area (Å²) in [6.07, 6.45) is 0.620. The van der Waals surface area contributed by atoms with Gasteiger partial charge in [-0.05, 0) is 24.5 Å². The van der Waals surface area contributed by atoms with Gasteiger partial charge in [-0.25, -0.2) is 4.79 Å². The van der Waals surface area contributed by atoms with Crippen molar-refractivity contribution >= 4 is 22.7 Å². The Morgan fingerprint density at radius 2 is 2.15 bits per heavy atom. The third-order valence-electron chi connectivity index (χ3n) is 3.12. The summed E-state index contributed by atoms with van der Waals surface area (Å²) in [7, 11) is 1.63. The number of carbonyl (C=O) groups is 1. The number of aromatic nitrogens is 1. The van der Waals surface area contributed by atoms with Gasteiger partial charge >= 0.3 is 5.76 Å². The number of oxazole rings is 1. The molecule has 108 valence electrons. The van der Waals surface area contributed by atoms with E-state index >= 15 is 0 Å². The van der Waals surface area contributed by atoms with Crippen molar-refractivity contribution in [1.82, 2.24) is 4.57 Å². The molecule has 1 atom stereocenters. The normalized spacial score (nSPS) is 12.8. The van der Waals surface area contributed by atoms with Crippen LogP contribution in [0.1, 0.15) is 20.3 Å². The zero-order valence-electron chi connectivity index (χ0n) is 11.8. The summed E-state index contributed by atoms with van der Waals surface area (Å²) >= 11 is 0. The van der Waals surface area contributed by atoms with E-state index in [4.69, 9.17) is 10.2 Å². The third kappa shape index (κ3) is 2.91. The molecule has 0 fully saturated rings. The molecule has 1 aromatic carbocycles. The number of fused-ring (bicyclic) bond motifs is 1. The minimum Gasteiger partial charge on any atom is -0.408 e. The third-order valence-corrected chi connectivity index (χ3v) is 3.12. The highest BCUT2D eigenvalue weighted by Crippen LogP contribution is 2.18. The molecule has 1 aromatic heterocycles. The number of amides is 1. The Kier molecular flexibility index (Phi) is 3.94. The number of nitrogens with two attached hydrogens (primary N) is 1. The quantitative estimate of drug-likeness (QED) is 0.884. The first-order chi connectivity index (χ1) is 9.38. The minimum atomic E-state index is -0.548. The first-order valence-electron chi connectivity index (χ1n) is 6.54. The lowest BCUT2D eigenvalue weighted by molar-refractivity contribution is -0.117. The largest absolute Gasteiger partial charge is 0.419 e. The molecule has 6 heteroatoms. The Morgan fingerprint density at radius 1 is 1.45 bits per heavy atom. The van der Waals surface area contributed by atoms with E-state index in [1.165, 1.54) is 4.57 Å². The molecule has 0 saturated carbocycles. The SMILES string of the molecule is CC(C)C[C@H](N)C(=O)Nc1ccc2c(c1)oc(=O)n2C. The number of carbonyl (C=O) groups excluding carboxylic acids is 1. The van der Waals surface area contributed by atoms with Crippen LogP contribution in [0.25, 0.3) is 11.1 Å². The fourth-order valence-corrected chi connectivity index (χ4v) is 2.06. The van der Waals surface area contributed by atoms with Crippen molar-refractivity contribution in [2.75, 3.05) is 5.32 Å². The molecule has 2 aromatic rings. The molecule has 1 amide bonds. The molecule has 0 aliphatic carbocycles. The van der Waals surface area contributed by atoms with Crippen LogP contribution in [0.4, 0.5) is 5.69 Å². The zero-order valence-corrected chi connectivity index (χ0v) is 11.8. The van der Waals surface area contributed by atoms with E-state index in [2.05, 4.69) is 5.32 Å². The van der Waals surface area contributed by atoms with E-state index in [1.54, 1.807) is 25.2 Å². The molecule has 0 bridgehead atoms. The average molecular weight is 277 g/mol. The number of anilines is 1. The van der Waals surface area contributed by atoms with Crippen LogP contribution in [0.3, 0.4) is 0 Å². The van der Waals surface area contributed by atoms with Crippen LogP contribution in [0.5, 0.6) is 0 Å². The molecule has 0 saturated heterocycles. The van der Waals surface area contributed by atoms with Crippen LogP contribution in [0.2, 0.25) is 0 Å². The number of rotatable bonds is 4. The number of hydrogen-bond donors (Lipinski definition) is 2. The van der Waals surface area contributed by atoms with E-state index in [1.807, 2.05) is 13.8 Å². The number of nitrogens with one attached hydrogen (secondary N) is 1. The summed E-state index contributed by atoms with van der Waals surface area (Å²) in [5.74, 6) is -0.318. The van der Waals surface area contributed by atoms with Gasteiger partial charge in [0.2, 0.25) is 5.91 Å².